The van der Waals surface area contributed by atoms with Crippen molar-refractivity contribution >= 4 is 11.6 Å². The Labute approximate surface area is 50.6 Å². The topological polar surface area (TPSA) is 9.23 Å². The van der Waals surface area contributed by atoms with Gasteiger partial charge in [-0.3, -0.25) is 0 Å². The van der Waals surface area contributed by atoms with Gasteiger partial charge in [0, 0.05) is 13.0 Å². The lowest BCUT2D eigenvalue weighted by atomic mass is 10.9. The average Bonchev–Trinajstić information content (AvgIpc) is 1.75. The fourth-order valence-corrected chi connectivity index (χ4v) is 0.231. The zero-order chi connectivity index (χ0) is 6.12. The summed E-state index contributed by atoms with van der Waals surface area (Å²) in [4.78, 5) is 0. The lowest BCUT2D eigenvalue weighted by Crippen LogP contribution is -1.85. The molecule has 0 aromatic heterocycles. The van der Waals surface area contributed by atoms with Crippen molar-refractivity contribution < 1.29 is 4.74 Å². The number of rotatable bonds is 2. The predicted octanol–water partition coefficient (Wildman–Crippen LogP) is 1.90. The Morgan fingerprint density at radius 3 is 1.86 bits per heavy atom. The highest BCUT2D eigenvalue weighted by Crippen LogP contribution is 1.70. The van der Waals surface area contributed by atoms with Gasteiger partial charge in [-0.2, -0.15) is 0 Å². The normalized spacial score (nSPS) is 6.86. The van der Waals surface area contributed by atoms with Crippen LogP contribution in [0.1, 0.15) is 13.8 Å². The van der Waals surface area contributed by atoms with E-state index in [0.29, 0.717) is 12.5 Å². The number of halogens is 1. The van der Waals surface area contributed by atoms with Crippen LogP contribution in [0.4, 0.5) is 0 Å². The first-order chi connectivity index (χ1) is 3.41. The summed E-state index contributed by atoms with van der Waals surface area (Å²) in [7, 11) is 1.63. The molecule has 46 valence electrons. The van der Waals surface area contributed by atoms with Crippen LogP contribution in [0.15, 0.2) is 0 Å². The Hall–Kier alpha value is 0.250. The maximum absolute atomic E-state index is 5.18. The van der Waals surface area contributed by atoms with E-state index >= 15 is 0 Å². The molecule has 0 heterocycles. The lowest BCUT2D eigenvalue weighted by Gasteiger charge is -1.82. The van der Waals surface area contributed by atoms with Crippen LogP contribution in [0.25, 0.3) is 0 Å². The Bertz CT molecular complexity index is 15.6. The third kappa shape index (κ3) is 22.3. The Balaban J connectivity index is 0. The lowest BCUT2D eigenvalue weighted by molar-refractivity contribution is 0.218. The van der Waals surface area contributed by atoms with E-state index in [-0.39, 0.29) is 0 Å². The molecule has 0 spiro atoms. The van der Waals surface area contributed by atoms with Gasteiger partial charge in [0.15, 0.2) is 0 Å². The molecule has 0 saturated heterocycles. The molecule has 0 radical (unpaired) electrons. The Morgan fingerprint density at radius 1 is 1.43 bits per heavy atom. The highest BCUT2D eigenvalue weighted by atomic mass is 35.5. The third-order valence-corrected chi connectivity index (χ3v) is 0.436. The number of methoxy groups -OCH3 is 1. The minimum Gasteiger partial charge on any atom is -0.383 e. The van der Waals surface area contributed by atoms with Crippen LogP contribution in [0.3, 0.4) is 0 Å². The molecule has 0 unspecified atom stereocenters. The molecule has 2 heteroatoms. The molecule has 7 heavy (non-hydrogen) atoms. The van der Waals surface area contributed by atoms with E-state index in [0.717, 1.165) is 0 Å². The van der Waals surface area contributed by atoms with Crippen LogP contribution in [-0.2, 0) is 4.74 Å². The maximum atomic E-state index is 5.18. The predicted molar refractivity (Wildman–Crippen MR) is 33.9 cm³/mol. The summed E-state index contributed by atoms with van der Waals surface area (Å²) in [5.41, 5.74) is 0. The van der Waals surface area contributed by atoms with Gasteiger partial charge in [-0.25, -0.2) is 0 Å². The van der Waals surface area contributed by atoms with E-state index < -0.39 is 0 Å². The standard InChI is InChI=1S/C3H7ClO.C2H6/c1-5-3-2-4;1-2/h2-3H2,1H3;1-2H3. The quantitative estimate of drug-likeness (QED) is 0.511. The fraction of sp³-hybridized carbons (Fsp3) is 1.00. The van der Waals surface area contributed by atoms with Crippen molar-refractivity contribution in [2.45, 2.75) is 13.8 Å². The summed E-state index contributed by atoms with van der Waals surface area (Å²) in [6, 6.07) is 0. The number of hydrogen-bond donors (Lipinski definition) is 0. The van der Waals surface area contributed by atoms with Gasteiger partial charge in [-0.1, -0.05) is 13.8 Å². The van der Waals surface area contributed by atoms with Gasteiger partial charge in [-0.15, -0.1) is 11.6 Å². The Kier molecular flexibility index (Phi) is 23.9. The summed E-state index contributed by atoms with van der Waals surface area (Å²) in [5.74, 6) is 0.594. The molecule has 0 saturated carbocycles. The van der Waals surface area contributed by atoms with Gasteiger partial charge < -0.3 is 4.74 Å². The molecule has 0 bridgehead atoms. The van der Waals surface area contributed by atoms with Gasteiger partial charge in [0.2, 0.25) is 0 Å². The van der Waals surface area contributed by atoms with Crippen LogP contribution in [0.5, 0.6) is 0 Å². The highest BCUT2D eigenvalue weighted by molar-refractivity contribution is 6.17. The van der Waals surface area contributed by atoms with Crippen LogP contribution >= 0.6 is 11.6 Å². The molecule has 0 atom stereocenters. The smallest absolute Gasteiger partial charge is 0.0597 e. The van der Waals surface area contributed by atoms with Crippen LogP contribution in [0, 0.1) is 0 Å². The van der Waals surface area contributed by atoms with Gasteiger partial charge in [0.1, 0.15) is 0 Å². The zero-order valence-corrected chi connectivity index (χ0v) is 5.96. The molecule has 1 nitrogen and oxygen atoms in total. The molecule has 0 aliphatic rings. The second kappa shape index (κ2) is 16.3. The van der Waals surface area contributed by atoms with Crippen molar-refractivity contribution in [2.75, 3.05) is 19.6 Å². The van der Waals surface area contributed by atoms with E-state index in [9.17, 15) is 0 Å². The summed E-state index contributed by atoms with van der Waals surface area (Å²) >= 11 is 5.18. The van der Waals surface area contributed by atoms with E-state index in [2.05, 4.69) is 4.74 Å². The molecule has 0 N–H and O–H groups in total. The van der Waals surface area contributed by atoms with Crippen LogP contribution < -0.4 is 0 Å². The summed E-state index contributed by atoms with van der Waals surface area (Å²) in [6.45, 7) is 4.65. The van der Waals surface area contributed by atoms with Crippen molar-refractivity contribution in [3.8, 4) is 0 Å². The van der Waals surface area contributed by atoms with Crippen molar-refractivity contribution in [1.82, 2.24) is 0 Å². The maximum Gasteiger partial charge on any atom is 0.0597 e. The van der Waals surface area contributed by atoms with Crippen molar-refractivity contribution in [3.63, 3.8) is 0 Å². The molecule has 0 aromatic carbocycles. The summed E-state index contributed by atoms with van der Waals surface area (Å²) in [5, 5.41) is 0. The van der Waals surface area contributed by atoms with Gasteiger partial charge >= 0.3 is 0 Å². The molecule has 0 rings (SSSR count). The SMILES string of the molecule is CC.COCCCl. The summed E-state index contributed by atoms with van der Waals surface area (Å²) in [6.07, 6.45) is 0. The third-order valence-electron chi connectivity index (χ3n) is 0.281. The van der Waals surface area contributed by atoms with Gasteiger partial charge in [-0.05, 0) is 0 Å². The van der Waals surface area contributed by atoms with Gasteiger partial charge in [0.25, 0.3) is 0 Å². The first kappa shape index (κ1) is 10.3. The summed E-state index contributed by atoms with van der Waals surface area (Å²) < 4.78 is 4.56. The second-order valence-corrected chi connectivity index (χ2v) is 1.06. The van der Waals surface area contributed by atoms with Gasteiger partial charge in [0.05, 0.1) is 6.61 Å². The van der Waals surface area contributed by atoms with Crippen molar-refractivity contribution in [3.05, 3.63) is 0 Å². The Morgan fingerprint density at radius 2 is 1.86 bits per heavy atom. The minimum absolute atomic E-state index is 0.594. The van der Waals surface area contributed by atoms with Crippen LogP contribution in [0.2, 0.25) is 0 Å². The van der Waals surface area contributed by atoms with Crippen molar-refractivity contribution in [2.24, 2.45) is 0 Å². The zero-order valence-electron chi connectivity index (χ0n) is 5.20. The number of hydrogen-bond acceptors (Lipinski definition) is 1. The minimum atomic E-state index is 0.594. The molecule has 0 aromatic rings. The average molecular weight is 125 g/mol. The largest absolute Gasteiger partial charge is 0.383 e. The van der Waals surface area contributed by atoms with Crippen molar-refractivity contribution in [1.29, 1.82) is 0 Å². The first-order valence-corrected chi connectivity index (χ1v) is 3.00. The van der Waals surface area contributed by atoms with E-state index in [1.54, 1.807) is 7.11 Å². The monoisotopic (exact) mass is 124 g/mol. The molecule has 0 fully saturated rings. The number of alkyl halides is 1. The molecule has 0 amide bonds. The van der Waals surface area contributed by atoms with E-state index in [1.165, 1.54) is 0 Å². The molecular weight excluding hydrogens is 112 g/mol. The molecular formula is C5H13ClO. The molecule has 0 aliphatic heterocycles. The fourth-order valence-electron chi connectivity index (χ4n) is 0.0772. The molecule has 0 aliphatic carbocycles. The van der Waals surface area contributed by atoms with E-state index in [1.807, 2.05) is 13.8 Å². The second-order valence-electron chi connectivity index (χ2n) is 0.682. The number of ether oxygens (including phenoxy) is 1. The highest BCUT2D eigenvalue weighted by Gasteiger charge is 1.68. The first-order valence-electron chi connectivity index (χ1n) is 2.46. The van der Waals surface area contributed by atoms with E-state index in [4.69, 9.17) is 11.6 Å². The van der Waals surface area contributed by atoms with Crippen LogP contribution in [-0.4, -0.2) is 19.6 Å².